The van der Waals surface area contributed by atoms with E-state index < -0.39 is 9.84 Å². The topological polar surface area (TPSA) is 86.6 Å². The van der Waals surface area contributed by atoms with Crippen LogP contribution in [-0.2, 0) is 9.84 Å². The van der Waals surface area contributed by atoms with Crippen molar-refractivity contribution in [1.29, 1.82) is 0 Å². The molecule has 1 aliphatic heterocycles. The fourth-order valence-corrected chi connectivity index (χ4v) is 4.23. The Labute approximate surface area is 113 Å². The molecule has 0 radical (unpaired) electrons. The summed E-state index contributed by atoms with van der Waals surface area (Å²) in [6.07, 6.45) is 1.44. The minimum Gasteiger partial charge on any atom is -0.507 e. The number of sulfone groups is 1. The molecule has 0 bridgehead atoms. The summed E-state index contributed by atoms with van der Waals surface area (Å²) in [6, 6.07) is 4.13. The first-order chi connectivity index (χ1) is 8.89. The highest BCUT2D eigenvalue weighted by Crippen LogP contribution is 2.32. The Kier molecular flexibility index (Phi) is 4.01. The van der Waals surface area contributed by atoms with Gasteiger partial charge in [-0.25, -0.2) is 8.42 Å². The predicted molar refractivity (Wildman–Crippen MR) is 73.0 cm³/mol. The van der Waals surface area contributed by atoms with Crippen LogP contribution in [0.3, 0.4) is 0 Å². The molecule has 1 aliphatic rings. The smallest absolute Gasteiger partial charge is 0.151 e. The summed E-state index contributed by atoms with van der Waals surface area (Å²) < 4.78 is 23.1. The van der Waals surface area contributed by atoms with E-state index in [1.165, 1.54) is 12.1 Å². The lowest BCUT2D eigenvalue weighted by Gasteiger charge is -2.27. The zero-order chi connectivity index (χ0) is 14.0. The molecule has 1 fully saturated rings. The van der Waals surface area contributed by atoms with Crippen LogP contribution in [0.15, 0.2) is 18.2 Å². The number of phenolic OH excluding ortho intramolecular Hbond substituents is 2. The van der Waals surface area contributed by atoms with Gasteiger partial charge in [0.15, 0.2) is 9.84 Å². The van der Waals surface area contributed by atoms with Crippen LogP contribution in [0.25, 0.3) is 0 Å². The summed E-state index contributed by atoms with van der Waals surface area (Å²) >= 11 is 0. The average molecular weight is 285 g/mol. The minimum atomic E-state index is -2.97. The number of phenols is 2. The number of hydrogen-bond donors (Lipinski definition) is 3. The van der Waals surface area contributed by atoms with E-state index in [1.54, 1.807) is 13.0 Å². The monoisotopic (exact) mass is 285 g/mol. The second-order valence-electron chi connectivity index (χ2n) is 5.05. The van der Waals surface area contributed by atoms with Crippen LogP contribution >= 0.6 is 0 Å². The summed E-state index contributed by atoms with van der Waals surface area (Å²) in [6.45, 7) is 1.80. The molecule has 2 rings (SSSR count). The van der Waals surface area contributed by atoms with Gasteiger partial charge in [-0.15, -0.1) is 0 Å². The standard InChI is InChI=1S/C13H19NO4S/c1-9(13-11(15)5-2-6-12(13)16)14-10-4-3-7-19(17,18)8-10/h2,5-6,9-10,14-16H,3-4,7-8H2,1H3. The molecule has 6 heteroatoms. The number of nitrogens with one attached hydrogen (secondary N) is 1. The number of benzene rings is 1. The van der Waals surface area contributed by atoms with Crippen molar-refractivity contribution < 1.29 is 18.6 Å². The van der Waals surface area contributed by atoms with Crippen LogP contribution in [0.5, 0.6) is 11.5 Å². The Morgan fingerprint density at radius 1 is 1.32 bits per heavy atom. The SMILES string of the molecule is CC(NC1CCCS(=O)(=O)C1)c1c(O)cccc1O. The molecule has 0 amide bonds. The Hall–Kier alpha value is -1.27. The van der Waals surface area contributed by atoms with E-state index in [1.807, 2.05) is 0 Å². The Balaban J connectivity index is 2.11. The molecule has 1 aromatic rings. The van der Waals surface area contributed by atoms with Crippen LogP contribution in [0.1, 0.15) is 31.4 Å². The van der Waals surface area contributed by atoms with Crippen LogP contribution in [0.4, 0.5) is 0 Å². The third-order valence-electron chi connectivity index (χ3n) is 3.44. The summed E-state index contributed by atoms with van der Waals surface area (Å²) in [5, 5.41) is 22.7. The van der Waals surface area contributed by atoms with Crippen molar-refractivity contribution in [2.24, 2.45) is 0 Å². The molecule has 3 N–H and O–H groups in total. The lowest BCUT2D eigenvalue weighted by molar-refractivity contribution is 0.394. The molecule has 0 aromatic heterocycles. The predicted octanol–water partition coefficient (Wildman–Crippen LogP) is 1.33. The van der Waals surface area contributed by atoms with Gasteiger partial charge < -0.3 is 15.5 Å². The third-order valence-corrected chi connectivity index (χ3v) is 5.26. The molecule has 19 heavy (non-hydrogen) atoms. The van der Waals surface area contributed by atoms with Crippen LogP contribution < -0.4 is 5.32 Å². The maximum atomic E-state index is 11.6. The molecule has 0 spiro atoms. The Bertz CT molecular complexity index is 536. The first-order valence-corrected chi connectivity index (χ1v) is 8.18. The first-order valence-electron chi connectivity index (χ1n) is 6.36. The van der Waals surface area contributed by atoms with Gasteiger partial charge in [-0.2, -0.15) is 0 Å². The maximum Gasteiger partial charge on any atom is 0.151 e. The van der Waals surface area contributed by atoms with Crippen molar-refractivity contribution in [3.8, 4) is 11.5 Å². The van der Waals surface area contributed by atoms with E-state index >= 15 is 0 Å². The normalized spacial score (nSPS) is 23.9. The molecule has 0 aliphatic carbocycles. The summed E-state index contributed by atoms with van der Waals surface area (Å²) in [7, 11) is -2.97. The van der Waals surface area contributed by atoms with Crippen LogP contribution in [-0.4, -0.2) is 36.2 Å². The van der Waals surface area contributed by atoms with Crippen LogP contribution in [0.2, 0.25) is 0 Å². The Morgan fingerprint density at radius 3 is 2.53 bits per heavy atom. The van der Waals surface area contributed by atoms with E-state index in [4.69, 9.17) is 0 Å². The Morgan fingerprint density at radius 2 is 1.95 bits per heavy atom. The molecule has 1 aromatic carbocycles. The minimum absolute atomic E-state index is 0.0127. The van der Waals surface area contributed by atoms with E-state index in [2.05, 4.69) is 5.32 Å². The summed E-state index contributed by atoms with van der Waals surface area (Å²) in [5.41, 5.74) is 0.408. The third kappa shape index (κ3) is 3.39. The van der Waals surface area contributed by atoms with E-state index in [0.29, 0.717) is 12.0 Å². The summed E-state index contributed by atoms with van der Waals surface area (Å²) in [5.74, 6) is 0.393. The molecule has 1 heterocycles. The summed E-state index contributed by atoms with van der Waals surface area (Å²) in [4.78, 5) is 0. The highest BCUT2D eigenvalue weighted by molar-refractivity contribution is 7.91. The molecule has 106 valence electrons. The molecular weight excluding hydrogens is 266 g/mol. The van der Waals surface area contributed by atoms with Gasteiger partial charge in [-0.05, 0) is 31.9 Å². The molecular formula is C13H19NO4S. The highest BCUT2D eigenvalue weighted by atomic mass is 32.2. The molecule has 2 atom stereocenters. The lowest BCUT2D eigenvalue weighted by Crippen LogP contribution is -2.41. The van der Waals surface area contributed by atoms with Gasteiger partial charge in [0.05, 0.1) is 17.1 Å². The van der Waals surface area contributed by atoms with Gasteiger partial charge in [-0.3, -0.25) is 0 Å². The largest absolute Gasteiger partial charge is 0.507 e. The van der Waals surface area contributed by atoms with E-state index in [-0.39, 0.29) is 35.1 Å². The average Bonchev–Trinajstić information content (AvgIpc) is 2.27. The molecule has 5 nitrogen and oxygen atoms in total. The first kappa shape index (κ1) is 14.1. The number of aromatic hydroxyl groups is 2. The van der Waals surface area contributed by atoms with Gasteiger partial charge in [-0.1, -0.05) is 6.07 Å². The van der Waals surface area contributed by atoms with Crippen molar-refractivity contribution in [3.63, 3.8) is 0 Å². The highest BCUT2D eigenvalue weighted by Gasteiger charge is 2.27. The molecule has 1 saturated heterocycles. The van der Waals surface area contributed by atoms with Gasteiger partial charge in [0, 0.05) is 12.1 Å². The lowest BCUT2D eigenvalue weighted by atomic mass is 10.0. The van der Waals surface area contributed by atoms with Gasteiger partial charge in [0.1, 0.15) is 11.5 Å². The van der Waals surface area contributed by atoms with Gasteiger partial charge >= 0.3 is 0 Å². The fourth-order valence-electron chi connectivity index (χ4n) is 2.58. The maximum absolute atomic E-state index is 11.6. The number of rotatable bonds is 3. The van der Waals surface area contributed by atoms with Crippen LogP contribution in [0, 0.1) is 0 Å². The van der Waals surface area contributed by atoms with Crippen molar-refractivity contribution in [1.82, 2.24) is 5.32 Å². The van der Waals surface area contributed by atoms with E-state index in [0.717, 1.165) is 6.42 Å². The zero-order valence-corrected chi connectivity index (χ0v) is 11.7. The number of hydrogen-bond acceptors (Lipinski definition) is 5. The van der Waals surface area contributed by atoms with Crippen molar-refractivity contribution in [3.05, 3.63) is 23.8 Å². The van der Waals surface area contributed by atoms with Crippen molar-refractivity contribution in [2.45, 2.75) is 31.8 Å². The van der Waals surface area contributed by atoms with Gasteiger partial charge in [0.25, 0.3) is 0 Å². The fraction of sp³-hybridized carbons (Fsp3) is 0.538. The van der Waals surface area contributed by atoms with Crippen molar-refractivity contribution >= 4 is 9.84 Å². The second-order valence-corrected chi connectivity index (χ2v) is 7.28. The van der Waals surface area contributed by atoms with E-state index in [9.17, 15) is 18.6 Å². The second kappa shape index (κ2) is 5.38. The molecule has 0 saturated carbocycles. The van der Waals surface area contributed by atoms with Gasteiger partial charge in [0.2, 0.25) is 0 Å². The zero-order valence-electron chi connectivity index (χ0n) is 10.8. The van der Waals surface area contributed by atoms with Crippen molar-refractivity contribution in [2.75, 3.05) is 11.5 Å². The quantitative estimate of drug-likeness (QED) is 0.780. The molecule has 2 unspecified atom stereocenters.